The molecular weight excluding hydrogens is 489 g/mol. The molecule has 1 aliphatic heterocycles. The summed E-state index contributed by atoms with van der Waals surface area (Å²) in [6, 6.07) is 8.15. The summed E-state index contributed by atoms with van der Waals surface area (Å²) in [4.78, 5) is 4.36. The van der Waals surface area contributed by atoms with E-state index >= 15 is 0 Å². The minimum absolute atomic E-state index is 0. The van der Waals surface area contributed by atoms with Gasteiger partial charge in [0.25, 0.3) is 0 Å². The van der Waals surface area contributed by atoms with Gasteiger partial charge in [-0.3, -0.25) is 4.99 Å². The molecule has 1 aromatic rings. The average Bonchev–Trinajstić information content (AvgIpc) is 2.70. The largest absolute Gasteiger partial charge is 0.381 e. The predicted molar refractivity (Wildman–Crippen MR) is 128 cm³/mol. The topological polar surface area (TPSA) is 54.9 Å². The van der Waals surface area contributed by atoms with Crippen LogP contribution in [0.4, 0.5) is 0 Å². The summed E-state index contributed by atoms with van der Waals surface area (Å²) in [6.07, 6.45) is 5.17. The van der Waals surface area contributed by atoms with Crippen LogP contribution in [0.3, 0.4) is 0 Å². The third-order valence-electron chi connectivity index (χ3n) is 5.11. The van der Waals surface area contributed by atoms with Crippen LogP contribution in [-0.2, 0) is 14.9 Å². The van der Waals surface area contributed by atoms with Crippen LogP contribution in [0, 0.1) is 0 Å². The van der Waals surface area contributed by atoms with E-state index in [4.69, 9.17) is 21.1 Å². The number of aliphatic imine (C=N–C) groups is 1. The molecule has 0 bridgehead atoms. The van der Waals surface area contributed by atoms with Crippen molar-refractivity contribution in [2.75, 3.05) is 46.6 Å². The maximum absolute atomic E-state index is 6.52. The van der Waals surface area contributed by atoms with E-state index < -0.39 is 0 Å². The zero-order valence-electron chi connectivity index (χ0n) is 17.1. The van der Waals surface area contributed by atoms with Crippen LogP contribution in [0.2, 0.25) is 5.02 Å². The van der Waals surface area contributed by atoms with Gasteiger partial charge in [0.05, 0.1) is 0 Å². The second-order valence-electron chi connectivity index (χ2n) is 7.04. The van der Waals surface area contributed by atoms with Crippen molar-refractivity contribution in [2.24, 2.45) is 4.99 Å². The van der Waals surface area contributed by atoms with Gasteiger partial charge in [0.2, 0.25) is 0 Å². The normalized spacial score (nSPS) is 16.3. The maximum atomic E-state index is 6.52. The van der Waals surface area contributed by atoms with Crippen molar-refractivity contribution in [3.63, 3.8) is 0 Å². The first-order chi connectivity index (χ1) is 13.2. The Labute approximate surface area is 192 Å². The molecule has 160 valence electrons. The second-order valence-corrected chi connectivity index (χ2v) is 7.45. The van der Waals surface area contributed by atoms with Crippen LogP contribution < -0.4 is 10.6 Å². The minimum Gasteiger partial charge on any atom is -0.381 e. The molecular formula is C21H35ClIN3O2. The van der Waals surface area contributed by atoms with Crippen molar-refractivity contribution in [3.8, 4) is 0 Å². The first-order valence-electron chi connectivity index (χ1n) is 10.1. The molecule has 2 N–H and O–H groups in total. The van der Waals surface area contributed by atoms with Crippen LogP contribution in [0.15, 0.2) is 29.3 Å². The molecule has 0 spiro atoms. The summed E-state index contributed by atoms with van der Waals surface area (Å²) >= 11 is 6.52. The molecule has 1 aliphatic rings. The van der Waals surface area contributed by atoms with Crippen LogP contribution in [0.1, 0.15) is 44.6 Å². The second kappa shape index (κ2) is 14.4. The third kappa shape index (κ3) is 8.05. The quantitative estimate of drug-likeness (QED) is 0.207. The summed E-state index contributed by atoms with van der Waals surface area (Å²) in [5.41, 5.74) is 1.17. The van der Waals surface area contributed by atoms with E-state index in [1.54, 1.807) is 7.05 Å². The lowest BCUT2D eigenvalue weighted by atomic mass is 9.74. The lowest BCUT2D eigenvalue weighted by molar-refractivity contribution is 0.0514. The van der Waals surface area contributed by atoms with Gasteiger partial charge in [0, 0.05) is 57.0 Å². The Morgan fingerprint density at radius 2 is 1.89 bits per heavy atom. The Balaban J connectivity index is 0.00000392. The summed E-state index contributed by atoms with van der Waals surface area (Å²) in [6.45, 7) is 6.95. The lowest BCUT2D eigenvalue weighted by Gasteiger charge is -2.38. The number of nitrogens with one attached hydrogen (secondary N) is 2. The van der Waals surface area contributed by atoms with Crippen molar-refractivity contribution < 1.29 is 9.47 Å². The van der Waals surface area contributed by atoms with Gasteiger partial charge in [-0.15, -0.1) is 24.0 Å². The van der Waals surface area contributed by atoms with E-state index in [1.165, 1.54) is 12.0 Å². The zero-order valence-corrected chi connectivity index (χ0v) is 20.2. The molecule has 1 fully saturated rings. The van der Waals surface area contributed by atoms with Gasteiger partial charge < -0.3 is 20.1 Å². The molecule has 0 unspecified atom stereocenters. The SMILES string of the molecule is CCCCOCCCNC(=NC)NCC1(c2ccccc2Cl)CCOCC1.I. The highest BCUT2D eigenvalue weighted by molar-refractivity contribution is 14.0. The van der Waals surface area contributed by atoms with Crippen LogP contribution in [0.25, 0.3) is 0 Å². The van der Waals surface area contributed by atoms with Crippen molar-refractivity contribution in [3.05, 3.63) is 34.9 Å². The number of nitrogens with zero attached hydrogens (tertiary/aromatic N) is 1. The van der Waals surface area contributed by atoms with Gasteiger partial charge >= 0.3 is 0 Å². The van der Waals surface area contributed by atoms with Crippen molar-refractivity contribution in [2.45, 2.75) is 44.4 Å². The Kier molecular flexibility index (Phi) is 13.1. The molecule has 7 heteroatoms. The fourth-order valence-corrected chi connectivity index (χ4v) is 3.73. The Morgan fingerprint density at radius 3 is 2.57 bits per heavy atom. The Bertz CT molecular complexity index is 581. The van der Waals surface area contributed by atoms with E-state index in [9.17, 15) is 0 Å². The number of ether oxygens (including phenoxy) is 2. The van der Waals surface area contributed by atoms with E-state index in [0.717, 1.165) is 76.2 Å². The monoisotopic (exact) mass is 523 g/mol. The van der Waals surface area contributed by atoms with E-state index in [1.807, 2.05) is 12.1 Å². The lowest BCUT2D eigenvalue weighted by Crippen LogP contribution is -2.48. The molecule has 0 atom stereocenters. The van der Waals surface area contributed by atoms with E-state index in [2.05, 4.69) is 34.7 Å². The van der Waals surface area contributed by atoms with Crippen LogP contribution in [-0.4, -0.2) is 52.5 Å². The molecule has 0 aromatic heterocycles. The molecule has 0 radical (unpaired) electrons. The highest BCUT2D eigenvalue weighted by Crippen LogP contribution is 2.38. The molecule has 28 heavy (non-hydrogen) atoms. The van der Waals surface area contributed by atoms with Gasteiger partial charge in [0.15, 0.2) is 5.96 Å². The molecule has 1 heterocycles. The third-order valence-corrected chi connectivity index (χ3v) is 5.44. The number of hydrogen-bond acceptors (Lipinski definition) is 3. The molecule has 1 saturated heterocycles. The minimum atomic E-state index is -0.0303. The molecule has 0 amide bonds. The number of guanidine groups is 1. The summed E-state index contributed by atoms with van der Waals surface area (Å²) < 4.78 is 11.2. The summed E-state index contributed by atoms with van der Waals surface area (Å²) in [5, 5.41) is 7.71. The smallest absolute Gasteiger partial charge is 0.191 e. The molecule has 0 aliphatic carbocycles. The van der Waals surface area contributed by atoms with Gasteiger partial charge in [-0.2, -0.15) is 0 Å². The van der Waals surface area contributed by atoms with E-state index in [0.29, 0.717) is 0 Å². The van der Waals surface area contributed by atoms with Gasteiger partial charge in [-0.1, -0.05) is 43.1 Å². The summed E-state index contributed by atoms with van der Waals surface area (Å²) in [7, 11) is 1.80. The van der Waals surface area contributed by atoms with Crippen molar-refractivity contribution >= 4 is 41.5 Å². The van der Waals surface area contributed by atoms with Gasteiger partial charge in [-0.25, -0.2) is 0 Å². The molecule has 2 rings (SSSR count). The maximum Gasteiger partial charge on any atom is 0.191 e. The van der Waals surface area contributed by atoms with E-state index in [-0.39, 0.29) is 29.4 Å². The average molecular weight is 524 g/mol. The van der Waals surface area contributed by atoms with Crippen LogP contribution in [0.5, 0.6) is 0 Å². The fourth-order valence-electron chi connectivity index (χ4n) is 3.40. The zero-order chi connectivity index (χ0) is 19.4. The van der Waals surface area contributed by atoms with Crippen LogP contribution >= 0.6 is 35.6 Å². The predicted octanol–water partition coefficient (Wildman–Crippen LogP) is 4.38. The number of unbranched alkanes of at least 4 members (excludes halogenated alkanes) is 1. The standard InChI is InChI=1S/C21H34ClN3O2.HI/c1-3-4-13-26-14-7-12-24-20(23-2)25-17-21(10-15-27-16-11-21)18-8-5-6-9-19(18)22;/h5-6,8-9H,3-4,7,10-17H2,1-2H3,(H2,23,24,25);1H. The first-order valence-corrected chi connectivity index (χ1v) is 10.4. The molecule has 1 aromatic carbocycles. The van der Waals surface area contributed by atoms with Crippen molar-refractivity contribution in [1.82, 2.24) is 10.6 Å². The summed E-state index contributed by atoms with van der Waals surface area (Å²) in [5.74, 6) is 0.821. The van der Waals surface area contributed by atoms with Crippen molar-refractivity contribution in [1.29, 1.82) is 0 Å². The molecule has 5 nitrogen and oxygen atoms in total. The number of benzene rings is 1. The Morgan fingerprint density at radius 1 is 1.18 bits per heavy atom. The fraction of sp³-hybridized carbons (Fsp3) is 0.667. The highest BCUT2D eigenvalue weighted by Gasteiger charge is 2.36. The number of hydrogen-bond donors (Lipinski definition) is 2. The number of halogens is 2. The Hall–Kier alpha value is -0.570. The first kappa shape index (κ1) is 25.5. The van der Waals surface area contributed by atoms with Gasteiger partial charge in [-0.05, 0) is 37.3 Å². The number of rotatable bonds is 10. The highest BCUT2D eigenvalue weighted by atomic mass is 127. The van der Waals surface area contributed by atoms with Gasteiger partial charge in [0.1, 0.15) is 0 Å². The molecule has 0 saturated carbocycles.